The number of carboxylic acids is 1. The lowest BCUT2D eigenvalue weighted by atomic mass is 9.72. The van der Waals surface area contributed by atoms with E-state index in [1.807, 2.05) is 20.8 Å². The van der Waals surface area contributed by atoms with Crippen molar-refractivity contribution in [2.75, 3.05) is 13.2 Å². The molecule has 1 aliphatic heterocycles. The molecule has 254 valence electrons. The minimum absolute atomic E-state index is 0.00485. The van der Waals surface area contributed by atoms with Crippen LogP contribution in [0.25, 0.3) is 0 Å². The molecule has 2 aliphatic rings. The number of nitrogens with one attached hydrogen (secondary N) is 1. The Bertz CT molecular complexity index is 1340. The van der Waals surface area contributed by atoms with Crippen LogP contribution in [0.1, 0.15) is 75.6 Å². The van der Waals surface area contributed by atoms with Gasteiger partial charge in [-0.25, -0.2) is 4.79 Å². The molecule has 0 aromatic heterocycles. The molecule has 0 unspecified atom stereocenters. The minimum atomic E-state index is -4.90. The number of alkyl halides is 6. The number of carbonyl (C=O) groups is 2. The number of likely N-dealkylation sites (tertiary alicyclic amines) is 1. The lowest BCUT2D eigenvalue weighted by molar-refractivity contribution is -0.325. The molecular formula is C33H40F6N2O5. The Kier molecular flexibility index (Phi) is 11.0. The van der Waals surface area contributed by atoms with Crippen molar-refractivity contribution < 1.29 is 50.5 Å². The van der Waals surface area contributed by atoms with Gasteiger partial charge < -0.3 is 20.1 Å². The number of hydrogen-bond acceptors (Lipinski definition) is 5. The summed E-state index contributed by atoms with van der Waals surface area (Å²) >= 11 is 0. The monoisotopic (exact) mass is 658 g/mol. The molecule has 0 bridgehead atoms. The molecule has 46 heavy (non-hydrogen) atoms. The number of amides is 1. The molecule has 4 atom stereocenters. The first-order chi connectivity index (χ1) is 21.5. The number of aliphatic carboxylic acids is 1. The van der Waals surface area contributed by atoms with E-state index in [0.29, 0.717) is 18.4 Å². The molecule has 7 nitrogen and oxygen atoms in total. The van der Waals surface area contributed by atoms with Gasteiger partial charge in [0.15, 0.2) is 0 Å². The molecule has 13 heteroatoms. The van der Waals surface area contributed by atoms with Crippen LogP contribution in [0, 0.1) is 17.3 Å². The second kappa shape index (κ2) is 14.2. The van der Waals surface area contributed by atoms with Crippen LogP contribution in [-0.2, 0) is 27.0 Å². The zero-order valence-electron chi connectivity index (χ0n) is 26.0. The summed E-state index contributed by atoms with van der Waals surface area (Å²) < 4.78 is 87.7. The summed E-state index contributed by atoms with van der Waals surface area (Å²) in [6.45, 7) is 3.87. The zero-order valence-corrected chi connectivity index (χ0v) is 26.0. The molecule has 1 saturated carbocycles. The van der Waals surface area contributed by atoms with Gasteiger partial charge >= 0.3 is 18.5 Å². The molecule has 0 spiro atoms. The van der Waals surface area contributed by atoms with Crippen molar-refractivity contribution in [3.63, 3.8) is 0 Å². The fraction of sp³-hybridized carbons (Fsp3) is 0.576. The third-order valence-corrected chi connectivity index (χ3v) is 8.79. The molecule has 4 rings (SSSR count). The number of halogens is 6. The highest BCUT2D eigenvalue weighted by Gasteiger charge is 2.58. The maximum Gasteiger partial charge on any atom is 0.522 e. The van der Waals surface area contributed by atoms with Crippen LogP contribution >= 0.6 is 0 Å². The van der Waals surface area contributed by atoms with Gasteiger partial charge in [-0.1, -0.05) is 70.4 Å². The van der Waals surface area contributed by atoms with E-state index in [9.17, 15) is 41.0 Å². The van der Waals surface area contributed by atoms with Gasteiger partial charge in [-0.15, -0.1) is 13.2 Å². The number of hydrogen-bond donors (Lipinski definition) is 2. The van der Waals surface area contributed by atoms with Crippen LogP contribution in [-0.4, -0.2) is 53.5 Å². The van der Waals surface area contributed by atoms with Gasteiger partial charge in [-0.3, -0.25) is 9.53 Å². The standard InChI is InChI=1S/C33H40F6N2O5/c1-31(2,3)25-26(40-19-22-18-23(32(34,35)36)14-15-24(22)45-16-17-46-33(37,38)39)27(20-10-6-4-7-11-20)41(28(25)30(43)44)29(42)21-12-8-5-9-13-21/h4,6-7,10-11,14-15,18,21,25-28,40H,5,8-9,12-13,16-17,19H2,1-3H3,(H,43,44)/t25-,26-,27-,28-/m1/s1. The first kappa shape index (κ1) is 35.5. The van der Waals surface area contributed by atoms with E-state index in [2.05, 4.69) is 10.1 Å². The Morgan fingerprint density at radius 2 is 1.59 bits per heavy atom. The number of nitrogens with zero attached hydrogens (tertiary/aromatic N) is 1. The third kappa shape index (κ3) is 8.52. The third-order valence-electron chi connectivity index (χ3n) is 8.79. The molecule has 1 amide bonds. The van der Waals surface area contributed by atoms with E-state index < -0.39 is 66.7 Å². The molecule has 1 aliphatic carbocycles. The highest BCUT2D eigenvalue weighted by Crippen LogP contribution is 2.49. The number of carbonyl (C=O) groups excluding carboxylic acids is 1. The Morgan fingerprint density at radius 1 is 0.935 bits per heavy atom. The van der Waals surface area contributed by atoms with Crippen molar-refractivity contribution in [3.8, 4) is 5.75 Å². The summed E-state index contributed by atoms with van der Waals surface area (Å²) in [5.74, 6) is -2.55. The first-order valence-corrected chi connectivity index (χ1v) is 15.4. The van der Waals surface area contributed by atoms with E-state index in [-0.39, 0.29) is 29.7 Å². The summed E-state index contributed by atoms with van der Waals surface area (Å²) in [6.07, 6.45) is -5.62. The summed E-state index contributed by atoms with van der Waals surface area (Å²) in [5, 5.41) is 13.9. The Labute approximate surface area is 264 Å². The number of ether oxygens (including phenoxy) is 2. The second-order valence-electron chi connectivity index (χ2n) is 13.0. The van der Waals surface area contributed by atoms with Crippen molar-refractivity contribution in [1.29, 1.82) is 0 Å². The number of benzene rings is 2. The van der Waals surface area contributed by atoms with Crippen LogP contribution < -0.4 is 10.1 Å². The fourth-order valence-corrected chi connectivity index (χ4v) is 6.86. The van der Waals surface area contributed by atoms with Crippen molar-refractivity contribution >= 4 is 11.9 Å². The van der Waals surface area contributed by atoms with Gasteiger partial charge in [0.25, 0.3) is 0 Å². The lowest BCUT2D eigenvalue weighted by Crippen LogP contribution is -2.49. The average molecular weight is 659 g/mol. The van der Waals surface area contributed by atoms with E-state index in [0.717, 1.165) is 37.5 Å². The summed E-state index contributed by atoms with van der Waals surface area (Å²) in [6, 6.07) is 8.87. The predicted molar refractivity (Wildman–Crippen MR) is 157 cm³/mol. The summed E-state index contributed by atoms with van der Waals surface area (Å²) in [7, 11) is 0. The maximum absolute atomic E-state index is 14.2. The van der Waals surface area contributed by atoms with E-state index in [4.69, 9.17) is 4.74 Å². The van der Waals surface area contributed by atoms with Crippen LogP contribution in [0.15, 0.2) is 48.5 Å². The minimum Gasteiger partial charge on any atom is -0.491 e. The van der Waals surface area contributed by atoms with Crippen molar-refractivity contribution in [1.82, 2.24) is 10.2 Å². The largest absolute Gasteiger partial charge is 0.522 e. The van der Waals surface area contributed by atoms with Gasteiger partial charge in [0, 0.05) is 30.0 Å². The van der Waals surface area contributed by atoms with Crippen LogP contribution in [0.2, 0.25) is 0 Å². The van der Waals surface area contributed by atoms with Gasteiger partial charge in [-0.05, 0) is 42.0 Å². The van der Waals surface area contributed by atoms with Crippen molar-refractivity contribution in [2.24, 2.45) is 17.3 Å². The number of rotatable bonds is 10. The van der Waals surface area contributed by atoms with Gasteiger partial charge in [-0.2, -0.15) is 13.2 Å². The Morgan fingerprint density at radius 3 is 2.15 bits per heavy atom. The van der Waals surface area contributed by atoms with Crippen molar-refractivity contribution in [3.05, 3.63) is 65.2 Å². The molecular weight excluding hydrogens is 618 g/mol. The molecule has 2 fully saturated rings. The topological polar surface area (TPSA) is 88.1 Å². The molecule has 2 aromatic rings. The van der Waals surface area contributed by atoms with E-state index in [1.165, 1.54) is 4.90 Å². The quantitative estimate of drug-likeness (QED) is 0.205. The van der Waals surface area contributed by atoms with Crippen molar-refractivity contribution in [2.45, 2.75) is 90.1 Å². The molecule has 2 aromatic carbocycles. The Hall–Kier alpha value is -3.32. The van der Waals surface area contributed by atoms with Crippen LogP contribution in [0.3, 0.4) is 0 Å². The fourth-order valence-electron chi connectivity index (χ4n) is 6.86. The SMILES string of the molecule is CC(C)(C)[C@@H]1[C@@H](NCc2cc(C(F)(F)F)ccc2OCCOC(F)(F)F)[C@@H](c2ccccc2)N(C(=O)C2CCCCC2)[C@H]1C(=O)O. The van der Waals surface area contributed by atoms with E-state index in [1.54, 1.807) is 30.3 Å². The van der Waals surface area contributed by atoms with Gasteiger partial charge in [0.1, 0.15) is 18.4 Å². The summed E-state index contributed by atoms with van der Waals surface area (Å²) in [4.78, 5) is 28.7. The smallest absolute Gasteiger partial charge is 0.491 e. The molecule has 1 saturated heterocycles. The first-order valence-electron chi connectivity index (χ1n) is 15.4. The zero-order chi connectivity index (χ0) is 33.9. The number of carboxylic acid groups (broad SMARTS) is 1. The van der Waals surface area contributed by atoms with Gasteiger partial charge in [0.2, 0.25) is 5.91 Å². The highest BCUT2D eigenvalue weighted by molar-refractivity contribution is 5.87. The maximum atomic E-state index is 14.2. The second-order valence-corrected chi connectivity index (χ2v) is 13.0. The predicted octanol–water partition coefficient (Wildman–Crippen LogP) is 7.36. The highest BCUT2D eigenvalue weighted by atomic mass is 19.4. The van der Waals surface area contributed by atoms with E-state index >= 15 is 0 Å². The normalized spacial score (nSPS) is 23.0. The van der Waals surface area contributed by atoms with Crippen LogP contribution in [0.4, 0.5) is 26.3 Å². The lowest BCUT2D eigenvalue weighted by Gasteiger charge is -2.36. The van der Waals surface area contributed by atoms with Gasteiger partial charge in [0.05, 0.1) is 18.2 Å². The Balaban J connectivity index is 1.75. The molecule has 0 radical (unpaired) electrons. The molecule has 2 N–H and O–H groups in total. The summed E-state index contributed by atoms with van der Waals surface area (Å²) in [5.41, 5.74) is -0.992. The average Bonchev–Trinajstić information content (AvgIpc) is 3.34. The molecule has 1 heterocycles. The van der Waals surface area contributed by atoms with Crippen LogP contribution in [0.5, 0.6) is 5.75 Å².